The van der Waals surface area contributed by atoms with E-state index in [9.17, 15) is 0 Å². The summed E-state index contributed by atoms with van der Waals surface area (Å²) in [6.07, 6.45) is 1.03. The van der Waals surface area contributed by atoms with E-state index in [0.717, 1.165) is 12.2 Å². The second-order valence-corrected chi connectivity index (χ2v) is 5.20. The molecule has 2 aromatic rings. The number of fused-ring (bicyclic) bond motifs is 1. The second kappa shape index (κ2) is 4.61. The van der Waals surface area contributed by atoms with E-state index in [1.54, 1.807) is 7.11 Å². The number of anilines is 1. The summed E-state index contributed by atoms with van der Waals surface area (Å²) in [7, 11) is 1.73. The number of methoxy groups -OCH3 is 1. The van der Waals surface area contributed by atoms with Gasteiger partial charge in [-0.2, -0.15) is 0 Å². The van der Waals surface area contributed by atoms with E-state index >= 15 is 0 Å². The van der Waals surface area contributed by atoms with Crippen molar-refractivity contribution in [3.63, 3.8) is 0 Å². The third kappa shape index (κ3) is 1.97. The summed E-state index contributed by atoms with van der Waals surface area (Å²) in [5.41, 5.74) is 6.66. The van der Waals surface area contributed by atoms with Crippen molar-refractivity contribution < 1.29 is 4.74 Å². The minimum absolute atomic E-state index is 0.311. The van der Waals surface area contributed by atoms with Crippen LogP contribution in [0.2, 0.25) is 0 Å². The first kappa shape index (κ1) is 12.1. The molecule has 0 spiro atoms. The number of hydrogen-bond donors (Lipinski definition) is 1. The summed E-state index contributed by atoms with van der Waals surface area (Å²) in [5.74, 6) is 0.961. The summed E-state index contributed by atoms with van der Waals surface area (Å²) in [5, 5.41) is 3.65. The van der Waals surface area contributed by atoms with Gasteiger partial charge in [-0.3, -0.25) is 0 Å². The predicted octanol–water partition coefficient (Wildman–Crippen LogP) is 4.02. The van der Waals surface area contributed by atoms with Crippen LogP contribution >= 0.6 is 0 Å². The molecular weight excluding hydrogens is 234 g/mol. The highest BCUT2D eigenvalue weighted by Gasteiger charge is 2.26. The molecule has 0 radical (unpaired) electrons. The summed E-state index contributed by atoms with van der Waals surface area (Å²) in [4.78, 5) is 0. The topological polar surface area (TPSA) is 21.3 Å². The van der Waals surface area contributed by atoms with E-state index in [0.29, 0.717) is 6.04 Å². The standard InChI is InChI=1S/C17H19NO/c1-11-8-9-12(2)17-14(11)10-15(18-17)13-6-4-5-7-16(13)19-3/h4-9,15,18H,10H2,1-3H3. The van der Waals surface area contributed by atoms with Gasteiger partial charge in [0.05, 0.1) is 13.2 Å². The Balaban J connectivity index is 2.00. The molecule has 98 valence electrons. The molecule has 1 N–H and O–H groups in total. The molecule has 1 atom stereocenters. The minimum atomic E-state index is 0.311. The molecule has 0 amide bonds. The molecule has 1 heterocycles. The number of aryl methyl sites for hydroxylation is 2. The average Bonchev–Trinajstić information content (AvgIpc) is 2.89. The van der Waals surface area contributed by atoms with Crippen LogP contribution in [0.15, 0.2) is 36.4 Å². The third-order valence-electron chi connectivity index (χ3n) is 4.00. The zero-order valence-corrected chi connectivity index (χ0v) is 11.7. The first-order valence-corrected chi connectivity index (χ1v) is 6.69. The summed E-state index contributed by atoms with van der Waals surface area (Å²) in [6.45, 7) is 4.35. The van der Waals surface area contributed by atoms with Crippen LogP contribution in [0.1, 0.15) is 28.3 Å². The van der Waals surface area contributed by atoms with Crippen LogP contribution in [0.5, 0.6) is 5.75 Å². The van der Waals surface area contributed by atoms with Crippen LogP contribution in [0.3, 0.4) is 0 Å². The van der Waals surface area contributed by atoms with Crippen molar-refractivity contribution in [3.05, 3.63) is 58.7 Å². The molecule has 1 aliphatic heterocycles. The molecule has 1 aliphatic rings. The molecule has 19 heavy (non-hydrogen) atoms. The molecule has 0 saturated heterocycles. The smallest absolute Gasteiger partial charge is 0.124 e. The van der Waals surface area contributed by atoms with E-state index < -0.39 is 0 Å². The van der Waals surface area contributed by atoms with Gasteiger partial charge in [-0.1, -0.05) is 30.3 Å². The maximum atomic E-state index is 5.48. The Hall–Kier alpha value is -1.96. The van der Waals surface area contributed by atoms with Gasteiger partial charge in [0.25, 0.3) is 0 Å². The van der Waals surface area contributed by atoms with Crippen LogP contribution in [0.4, 0.5) is 5.69 Å². The van der Waals surface area contributed by atoms with Gasteiger partial charge in [-0.05, 0) is 43.0 Å². The summed E-state index contributed by atoms with van der Waals surface area (Å²) >= 11 is 0. The SMILES string of the molecule is COc1ccccc1C1Cc2c(C)ccc(C)c2N1. The molecule has 0 fully saturated rings. The van der Waals surface area contributed by atoms with Gasteiger partial charge in [0.15, 0.2) is 0 Å². The lowest BCUT2D eigenvalue weighted by Gasteiger charge is -2.15. The molecular formula is C17H19NO. The number of benzene rings is 2. The fourth-order valence-electron chi connectivity index (χ4n) is 2.90. The van der Waals surface area contributed by atoms with Crippen molar-refractivity contribution in [3.8, 4) is 5.75 Å². The van der Waals surface area contributed by atoms with Crippen LogP contribution in [0, 0.1) is 13.8 Å². The highest BCUT2D eigenvalue weighted by atomic mass is 16.5. The van der Waals surface area contributed by atoms with Crippen LogP contribution in [-0.4, -0.2) is 7.11 Å². The van der Waals surface area contributed by atoms with Gasteiger partial charge >= 0.3 is 0 Å². The largest absolute Gasteiger partial charge is 0.496 e. The number of ether oxygens (including phenoxy) is 1. The van der Waals surface area contributed by atoms with E-state index in [-0.39, 0.29) is 0 Å². The van der Waals surface area contributed by atoms with Crippen LogP contribution in [-0.2, 0) is 6.42 Å². The molecule has 2 aromatic carbocycles. The van der Waals surface area contributed by atoms with Crippen LogP contribution in [0.25, 0.3) is 0 Å². The van der Waals surface area contributed by atoms with Gasteiger partial charge in [-0.15, -0.1) is 0 Å². The fraction of sp³-hybridized carbons (Fsp3) is 0.294. The second-order valence-electron chi connectivity index (χ2n) is 5.20. The summed E-state index contributed by atoms with van der Waals surface area (Å²) < 4.78 is 5.48. The molecule has 0 saturated carbocycles. The monoisotopic (exact) mass is 253 g/mol. The molecule has 1 unspecified atom stereocenters. The lowest BCUT2D eigenvalue weighted by molar-refractivity contribution is 0.407. The van der Waals surface area contributed by atoms with Gasteiger partial charge in [-0.25, -0.2) is 0 Å². The molecule has 0 aromatic heterocycles. The van der Waals surface area contributed by atoms with Gasteiger partial charge < -0.3 is 10.1 Å². The Morgan fingerprint density at radius 2 is 1.79 bits per heavy atom. The first-order valence-electron chi connectivity index (χ1n) is 6.69. The van der Waals surface area contributed by atoms with E-state index in [4.69, 9.17) is 4.74 Å². The first-order chi connectivity index (χ1) is 9.20. The van der Waals surface area contributed by atoms with Crippen molar-refractivity contribution in [1.82, 2.24) is 0 Å². The third-order valence-corrected chi connectivity index (χ3v) is 4.00. The van der Waals surface area contributed by atoms with Gasteiger partial charge in [0.2, 0.25) is 0 Å². The van der Waals surface area contributed by atoms with Crippen molar-refractivity contribution in [2.24, 2.45) is 0 Å². The van der Waals surface area contributed by atoms with Crippen molar-refractivity contribution in [2.45, 2.75) is 26.3 Å². The molecule has 0 bridgehead atoms. The molecule has 3 rings (SSSR count). The normalized spacial score (nSPS) is 16.9. The summed E-state index contributed by atoms with van der Waals surface area (Å²) in [6, 6.07) is 13.0. The Bertz CT molecular complexity index is 588. The molecule has 2 heteroatoms. The van der Waals surface area contributed by atoms with Gasteiger partial charge in [0.1, 0.15) is 5.75 Å². The number of para-hydroxylation sites is 1. The van der Waals surface area contributed by atoms with E-state index in [1.807, 2.05) is 12.1 Å². The zero-order valence-electron chi connectivity index (χ0n) is 11.7. The molecule has 2 nitrogen and oxygen atoms in total. The lowest BCUT2D eigenvalue weighted by Crippen LogP contribution is -2.07. The number of rotatable bonds is 2. The Kier molecular flexibility index (Phi) is 2.94. The van der Waals surface area contributed by atoms with Crippen molar-refractivity contribution in [2.75, 3.05) is 12.4 Å². The maximum absolute atomic E-state index is 5.48. The van der Waals surface area contributed by atoms with E-state index in [1.165, 1.54) is 27.9 Å². The lowest BCUT2D eigenvalue weighted by atomic mass is 9.98. The molecule has 0 aliphatic carbocycles. The maximum Gasteiger partial charge on any atom is 0.124 e. The Labute approximate surface area is 114 Å². The Morgan fingerprint density at radius 3 is 2.53 bits per heavy atom. The highest BCUT2D eigenvalue weighted by Crippen LogP contribution is 2.40. The van der Waals surface area contributed by atoms with Crippen molar-refractivity contribution >= 4 is 5.69 Å². The quantitative estimate of drug-likeness (QED) is 0.872. The van der Waals surface area contributed by atoms with Gasteiger partial charge in [0, 0.05) is 11.3 Å². The average molecular weight is 253 g/mol. The number of nitrogens with one attached hydrogen (secondary N) is 1. The fourth-order valence-corrected chi connectivity index (χ4v) is 2.90. The Morgan fingerprint density at radius 1 is 1.05 bits per heavy atom. The zero-order chi connectivity index (χ0) is 13.4. The number of hydrogen-bond acceptors (Lipinski definition) is 2. The van der Waals surface area contributed by atoms with E-state index in [2.05, 4.69) is 43.4 Å². The highest BCUT2D eigenvalue weighted by molar-refractivity contribution is 5.66. The minimum Gasteiger partial charge on any atom is -0.496 e. The van der Waals surface area contributed by atoms with Crippen LogP contribution < -0.4 is 10.1 Å². The van der Waals surface area contributed by atoms with Crippen molar-refractivity contribution in [1.29, 1.82) is 0 Å². The predicted molar refractivity (Wildman–Crippen MR) is 79.0 cm³/mol.